The number of rotatable bonds is 6. The van der Waals surface area contributed by atoms with E-state index in [1.165, 1.54) is 13.2 Å². The van der Waals surface area contributed by atoms with Gasteiger partial charge in [-0.2, -0.15) is 0 Å². The van der Waals surface area contributed by atoms with Gasteiger partial charge in [-0.25, -0.2) is 13.6 Å². The van der Waals surface area contributed by atoms with Gasteiger partial charge in [0, 0.05) is 12.2 Å². The number of esters is 1. The van der Waals surface area contributed by atoms with Crippen molar-refractivity contribution in [3.8, 4) is 0 Å². The number of aliphatic hydroxyl groups excluding tert-OH is 1. The van der Waals surface area contributed by atoms with Gasteiger partial charge in [0.05, 0.1) is 18.8 Å². The molecular formula is C18H20F2N2O4. The molecule has 0 aliphatic carbocycles. The van der Waals surface area contributed by atoms with Gasteiger partial charge in [-0.05, 0) is 36.6 Å². The Morgan fingerprint density at radius 2 is 2.00 bits per heavy atom. The van der Waals surface area contributed by atoms with E-state index in [1.807, 2.05) is 6.92 Å². The van der Waals surface area contributed by atoms with Crippen molar-refractivity contribution in [1.82, 2.24) is 10.3 Å². The fraction of sp³-hybridized carbons (Fsp3) is 0.333. The van der Waals surface area contributed by atoms with E-state index in [0.717, 1.165) is 12.1 Å². The first-order chi connectivity index (χ1) is 12.3. The van der Waals surface area contributed by atoms with E-state index in [-0.39, 0.29) is 17.8 Å². The number of aliphatic hydroxyl groups is 1. The second-order valence-electron chi connectivity index (χ2n) is 5.72. The van der Waals surface area contributed by atoms with Gasteiger partial charge in [0.1, 0.15) is 5.69 Å². The fourth-order valence-corrected chi connectivity index (χ4v) is 2.64. The predicted octanol–water partition coefficient (Wildman–Crippen LogP) is 2.41. The molecule has 8 heteroatoms. The van der Waals surface area contributed by atoms with E-state index in [4.69, 9.17) is 4.74 Å². The van der Waals surface area contributed by atoms with Gasteiger partial charge in [0.15, 0.2) is 11.6 Å². The van der Waals surface area contributed by atoms with E-state index in [0.29, 0.717) is 23.2 Å². The molecule has 1 atom stereocenters. The van der Waals surface area contributed by atoms with Crippen molar-refractivity contribution in [3.05, 3.63) is 57.9 Å². The highest BCUT2D eigenvalue weighted by molar-refractivity contribution is 6.00. The zero-order chi connectivity index (χ0) is 19.4. The third-order valence-corrected chi connectivity index (χ3v) is 4.08. The first-order valence-corrected chi connectivity index (χ1v) is 8.01. The summed E-state index contributed by atoms with van der Waals surface area (Å²) < 4.78 is 30.9. The maximum atomic E-state index is 13.2. The standard InChI is InChI=1S/C18H20F2N2O4/c1-4-13-15(18(25)26-3)9(2)16(22-13)17(24)21-8-14(23)10-5-6-11(19)12(20)7-10/h5-7,14,22-23H,4,8H2,1-3H3,(H,21,24)/t14-/m0/s1. The molecule has 1 aromatic carbocycles. The molecule has 0 saturated carbocycles. The number of benzene rings is 1. The van der Waals surface area contributed by atoms with E-state index in [9.17, 15) is 23.5 Å². The Morgan fingerprint density at radius 3 is 2.58 bits per heavy atom. The van der Waals surface area contributed by atoms with Crippen LogP contribution in [-0.4, -0.2) is 35.6 Å². The molecule has 1 aromatic heterocycles. The molecule has 0 aliphatic rings. The smallest absolute Gasteiger partial charge is 0.339 e. The Morgan fingerprint density at radius 1 is 1.31 bits per heavy atom. The molecule has 0 unspecified atom stereocenters. The summed E-state index contributed by atoms with van der Waals surface area (Å²) in [5.41, 5.74) is 1.63. The lowest BCUT2D eigenvalue weighted by Crippen LogP contribution is -2.29. The van der Waals surface area contributed by atoms with Crippen LogP contribution < -0.4 is 5.32 Å². The van der Waals surface area contributed by atoms with E-state index < -0.39 is 29.6 Å². The summed E-state index contributed by atoms with van der Waals surface area (Å²) in [5, 5.41) is 12.6. The van der Waals surface area contributed by atoms with E-state index >= 15 is 0 Å². The summed E-state index contributed by atoms with van der Waals surface area (Å²) in [4.78, 5) is 27.1. The number of H-pyrrole nitrogens is 1. The Hall–Kier alpha value is -2.74. The monoisotopic (exact) mass is 366 g/mol. The highest BCUT2D eigenvalue weighted by Gasteiger charge is 2.24. The zero-order valence-electron chi connectivity index (χ0n) is 14.7. The molecule has 26 heavy (non-hydrogen) atoms. The molecule has 6 nitrogen and oxygen atoms in total. The normalized spacial score (nSPS) is 11.9. The third-order valence-electron chi connectivity index (χ3n) is 4.08. The Labute approximate surface area is 149 Å². The summed E-state index contributed by atoms with van der Waals surface area (Å²) in [6, 6.07) is 3.01. The van der Waals surface area contributed by atoms with Crippen LogP contribution in [0.5, 0.6) is 0 Å². The van der Waals surface area contributed by atoms with Gasteiger partial charge in [-0.1, -0.05) is 13.0 Å². The number of carbonyl (C=O) groups excluding carboxylic acids is 2. The average Bonchev–Trinajstić information content (AvgIpc) is 2.97. The number of aromatic amines is 1. The third kappa shape index (κ3) is 3.91. The van der Waals surface area contributed by atoms with Gasteiger partial charge in [-0.15, -0.1) is 0 Å². The predicted molar refractivity (Wildman–Crippen MR) is 89.9 cm³/mol. The van der Waals surface area contributed by atoms with Crippen molar-refractivity contribution in [3.63, 3.8) is 0 Å². The largest absolute Gasteiger partial charge is 0.465 e. The molecule has 2 rings (SSSR count). The van der Waals surface area contributed by atoms with Crippen LogP contribution in [0.4, 0.5) is 8.78 Å². The number of aromatic nitrogens is 1. The van der Waals surface area contributed by atoms with Crippen molar-refractivity contribution in [2.24, 2.45) is 0 Å². The second-order valence-corrected chi connectivity index (χ2v) is 5.72. The van der Waals surface area contributed by atoms with E-state index in [1.54, 1.807) is 6.92 Å². The number of nitrogens with one attached hydrogen (secondary N) is 2. The van der Waals surface area contributed by atoms with Crippen molar-refractivity contribution in [2.45, 2.75) is 26.4 Å². The van der Waals surface area contributed by atoms with Crippen LogP contribution in [0.25, 0.3) is 0 Å². The van der Waals surface area contributed by atoms with Crippen LogP contribution in [0.15, 0.2) is 18.2 Å². The molecule has 0 spiro atoms. The number of hydrogen-bond donors (Lipinski definition) is 3. The number of methoxy groups -OCH3 is 1. The summed E-state index contributed by atoms with van der Waals surface area (Å²) in [6.45, 7) is 3.23. The molecule has 1 amide bonds. The number of carbonyl (C=O) groups is 2. The van der Waals surface area contributed by atoms with Crippen molar-refractivity contribution >= 4 is 11.9 Å². The number of amides is 1. The van der Waals surface area contributed by atoms with Crippen LogP contribution in [0.2, 0.25) is 0 Å². The molecule has 0 bridgehead atoms. The van der Waals surface area contributed by atoms with Gasteiger partial charge in [-0.3, -0.25) is 4.79 Å². The van der Waals surface area contributed by atoms with E-state index in [2.05, 4.69) is 10.3 Å². The van der Waals surface area contributed by atoms with Gasteiger partial charge in [0.2, 0.25) is 0 Å². The van der Waals surface area contributed by atoms with Crippen molar-refractivity contribution < 1.29 is 28.2 Å². The number of hydrogen-bond acceptors (Lipinski definition) is 4. The molecule has 0 saturated heterocycles. The maximum absolute atomic E-state index is 13.2. The summed E-state index contributed by atoms with van der Waals surface area (Å²) >= 11 is 0. The molecular weight excluding hydrogens is 346 g/mol. The minimum Gasteiger partial charge on any atom is -0.465 e. The zero-order valence-corrected chi connectivity index (χ0v) is 14.7. The minimum absolute atomic E-state index is 0.136. The average molecular weight is 366 g/mol. The van der Waals surface area contributed by atoms with Crippen LogP contribution in [-0.2, 0) is 11.2 Å². The molecule has 2 aromatic rings. The van der Waals surface area contributed by atoms with Crippen molar-refractivity contribution in [1.29, 1.82) is 0 Å². The molecule has 1 heterocycles. The summed E-state index contributed by atoms with van der Waals surface area (Å²) in [7, 11) is 1.26. The maximum Gasteiger partial charge on any atom is 0.339 e. The Balaban J connectivity index is 2.13. The lowest BCUT2D eigenvalue weighted by Gasteiger charge is -2.12. The highest BCUT2D eigenvalue weighted by Crippen LogP contribution is 2.21. The minimum atomic E-state index is -1.21. The van der Waals surface area contributed by atoms with Crippen LogP contribution >= 0.6 is 0 Å². The highest BCUT2D eigenvalue weighted by atomic mass is 19.2. The van der Waals surface area contributed by atoms with Crippen LogP contribution in [0, 0.1) is 18.6 Å². The molecule has 0 aliphatic heterocycles. The van der Waals surface area contributed by atoms with Crippen LogP contribution in [0.1, 0.15) is 50.7 Å². The lowest BCUT2D eigenvalue weighted by atomic mass is 10.1. The summed E-state index contributed by atoms with van der Waals surface area (Å²) in [6.07, 6.45) is -0.717. The van der Waals surface area contributed by atoms with Crippen LogP contribution in [0.3, 0.4) is 0 Å². The Bertz CT molecular complexity index is 833. The topological polar surface area (TPSA) is 91.4 Å². The lowest BCUT2D eigenvalue weighted by molar-refractivity contribution is 0.0599. The Kier molecular flexibility index (Phi) is 6.10. The number of aryl methyl sites for hydroxylation is 1. The first-order valence-electron chi connectivity index (χ1n) is 8.01. The molecule has 140 valence electrons. The van der Waals surface area contributed by atoms with Gasteiger partial charge < -0.3 is 20.1 Å². The molecule has 0 radical (unpaired) electrons. The molecule has 3 N–H and O–H groups in total. The van der Waals surface area contributed by atoms with Crippen molar-refractivity contribution in [2.75, 3.05) is 13.7 Å². The summed E-state index contributed by atoms with van der Waals surface area (Å²) in [5.74, 6) is -3.18. The van der Waals surface area contributed by atoms with Gasteiger partial charge in [0.25, 0.3) is 5.91 Å². The van der Waals surface area contributed by atoms with Gasteiger partial charge >= 0.3 is 5.97 Å². The number of halogens is 2. The number of ether oxygens (including phenoxy) is 1. The first kappa shape index (κ1) is 19.6. The SMILES string of the molecule is CCc1[nH]c(C(=O)NC[C@H](O)c2ccc(F)c(F)c2)c(C)c1C(=O)OC. The molecule has 0 fully saturated rings. The quantitative estimate of drug-likeness (QED) is 0.685. The second kappa shape index (κ2) is 8.09. The fourth-order valence-electron chi connectivity index (χ4n) is 2.64.